The predicted molar refractivity (Wildman–Crippen MR) is 76.0 cm³/mol. The van der Waals surface area contributed by atoms with Crippen molar-refractivity contribution in [2.45, 2.75) is 6.42 Å². The van der Waals surface area contributed by atoms with E-state index in [0.29, 0.717) is 31.7 Å². The van der Waals surface area contributed by atoms with Gasteiger partial charge < -0.3 is 15.4 Å². The van der Waals surface area contributed by atoms with Gasteiger partial charge in [0.1, 0.15) is 0 Å². The van der Waals surface area contributed by atoms with E-state index in [4.69, 9.17) is 4.74 Å². The van der Waals surface area contributed by atoms with Gasteiger partial charge in [-0.25, -0.2) is 0 Å². The highest BCUT2D eigenvalue weighted by molar-refractivity contribution is 9.10. The second-order valence-corrected chi connectivity index (χ2v) is 4.77. The maximum Gasteiger partial charge on any atom is 0.251 e. The van der Waals surface area contributed by atoms with E-state index in [2.05, 4.69) is 26.6 Å². The molecule has 0 radical (unpaired) electrons. The number of rotatable bonds is 7. The van der Waals surface area contributed by atoms with Gasteiger partial charge in [0, 0.05) is 36.7 Å². The molecule has 0 saturated carbocycles. The number of hydrogen-bond acceptors (Lipinski definition) is 3. The van der Waals surface area contributed by atoms with Crippen molar-refractivity contribution in [3.05, 3.63) is 34.3 Å². The van der Waals surface area contributed by atoms with Crippen LogP contribution in [0.5, 0.6) is 0 Å². The van der Waals surface area contributed by atoms with Gasteiger partial charge in [0.2, 0.25) is 5.91 Å². The highest BCUT2D eigenvalue weighted by Gasteiger charge is 2.04. The molecule has 0 unspecified atom stereocenters. The number of carbonyl (C=O) groups is 2. The minimum absolute atomic E-state index is 0.0836. The molecule has 19 heavy (non-hydrogen) atoms. The largest absolute Gasteiger partial charge is 0.384 e. The Morgan fingerprint density at radius 2 is 1.79 bits per heavy atom. The number of methoxy groups -OCH3 is 1. The van der Waals surface area contributed by atoms with Crippen molar-refractivity contribution in [1.82, 2.24) is 10.6 Å². The molecule has 0 bridgehead atoms. The summed E-state index contributed by atoms with van der Waals surface area (Å²) < 4.78 is 5.72. The number of halogens is 1. The topological polar surface area (TPSA) is 67.4 Å². The number of hydrogen-bond donors (Lipinski definition) is 2. The molecule has 0 saturated heterocycles. The minimum atomic E-state index is -0.154. The van der Waals surface area contributed by atoms with Crippen LogP contribution < -0.4 is 10.6 Å². The Kier molecular flexibility index (Phi) is 7.14. The third-order valence-corrected chi connectivity index (χ3v) is 2.90. The van der Waals surface area contributed by atoms with Crippen molar-refractivity contribution >= 4 is 27.7 Å². The lowest BCUT2D eigenvalue weighted by Gasteiger charge is -2.07. The lowest BCUT2D eigenvalue weighted by atomic mass is 10.2. The van der Waals surface area contributed by atoms with Crippen LogP contribution in [-0.2, 0) is 9.53 Å². The maximum atomic E-state index is 11.7. The van der Waals surface area contributed by atoms with Gasteiger partial charge >= 0.3 is 0 Å². The third-order valence-electron chi connectivity index (χ3n) is 2.37. The van der Waals surface area contributed by atoms with Crippen LogP contribution >= 0.6 is 15.9 Å². The molecule has 1 rings (SSSR count). The quantitative estimate of drug-likeness (QED) is 0.742. The number of amides is 2. The molecule has 0 fully saturated rings. The second-order valence-electron chi connectivity index (χ2n) is 3.86. The van der Waals surface area contributed by atoms with Crippen LogP contribution in [0.2, 0.25) is 0 Å². The number of carbonyl (C=O) groups excluding carboxylic acids is 2. The van der Waals surface area contributed by atoms with Crippen molar-refractivity contribution in [3.8, 4) is 0 Å². The molecule has 0 aliphatic rings. The van der Waals surface area contributed by atoms with Crippen LogP contribution in [-0.4, -0.2) is 38.6 Å². The Hall–Kier alpha value is -1.40. The summed E-state index contributed by atoms with van der Waals surface area (Å²) >= 11 is 3.31. The molecule has 6 heteroatoms. The van der Waals surface area contributed by atoms with Gasteiger partial charge in [0.05, 0.1) is 6.61 Å². The van der Waals surface area contributed by atoms with Crippen LogP contribution in [0.4, 0.5) is 0 Å². The lowest BCUT2D eigenvalue weighted by molar-refractivity contribution is -0.121. The van der Waals surface area contributed by atoms with Crippen molar-refractivity contribution in [2.24, 2.45) is 0 Å². The van der Waals surface area contributed by atoms with Gasteiger partial charge in [-0.15, -0.1) is 0 Å². The van der Waals surface area contributed by atoms with Crippen molar-refractivity contribution in [1.29, 1.82) is 0 Å². The first kappa shape index (κ1) is 15.7. The van der Waals surface area contributed by atoms with E-state index in [9.17, 15) is 9.59 Å². The summed E-state index contributed by atoms with van der Waals surface area (Å²) in [5, 5.41) is 5.42. The minimum Gasteiger partial charge on any atom is -0.384 e. The van der Waals surface area contributed by atoms with E-state index >= 15 is 0 Å². The van der Waals surface area contributed by atoms with Gasteiger partial charge in [-0.2, -0.15) is 0 Å². The van der Waals surface area contributed by atoms with Gasteiger partial charge in [0.15, 0.2) is 0 Å². The molecular formula is C13H17BrN2O3. The molecule has 0 aliphatic heterocycles. The van der Waals surface area contributed by atoms with Gasteiger partial charge in [-0.05, 0) is 24.3 Å². The maximum absolute atomic E-state index is 11.7. The zero-order valence-electron chi connectivity index (χ0n) is 10.7. The first-order chi connectivity index (χ1) is 9.13. The molecule has 2 N–H and O–H groups in total. The lowest BCUT2D eigenvalue weighted by Crippen LogP contribution is -2.34. The molecule has 0 heterocycles. The Bertz CT molecular complexity index is 420. The molecule has 5 nitrogen and oxygen atoms in total. The molecule has 104 valence electrons. The van der Waals surface area contributed by atoms with E-state index < -0.39 is 0 Å². The molecule has 0 atom stereocenters. The van der Waals surface area contributed by atoms with Crippen LogP contribution in [0.3, 0.4) is 0 Å². The fourth-order valence-corrected chi connectivity index (χ4v) is 1.63. The van der Waals surface area contributed by atoms with Crippen LogP contribution in [0.1, 0.15) is 16.8 Å². The highest BCUT2D eigenvalue weighted by atomic mass is 79.9. The van der Waals surface area contributed by atoms with E-state index in [-0.39, 0.29) is 11.8 Å². The van der Waals surface area contributed by atoms with Crippen LogP contribution in [0, 0.1) is 0 Å². The Balaban J connectivity index is 2.20. The summed E-state index contributed by atoms with van der Waals surface area (Å²) in [6.45, 7) is 1.20. The first-order valence-corrected chi connectivity index (χ1v) is 6.72. The SMILES string of the molecule is COCCC(=O)NCCNC(=O)c1ccc(Br)cc1. The number of nitrogens with one attached hydrogen (secondary N) is 2. The van der Waals surface area contributed by atoms with Crippen LogP contribution in [0.25, 0.3) is 0 Å². The normalized spacial score (nSPS) is 10.0. The summed E-state index contributed by atoms with van der Waals surface area (Å²) in [6.07, 6.45) is 0.331. The molecule has 0 aromatic heterocycles. The molecule has 1 aromatic rings. The summed E-state index contributed by atoms with van der Waals surface area (Å²) in [5.74, 6) is -0.238. The fraction of sp³-hybridized carbons (Fsp3) is 0.385. The summed E-state index contributed by atoms with van der Waals surface area (Å²) in [7, 11) is 1.55. The van der Waals surface area contributed by atoms with Gasteiger partial charge in [-0.1, -0.05) is 15.9 Å². The van der Waals surface area contributed by atoms with Crippen molar-refractivity contribution < 1.29 is 14.3 Å². The second kappa shape index (κ2) is 8.66. The molecule has 2 amide bonds. The number of benzene rings is 1. The average Bonchev–Trinajstić information content (AvgIpc) is 2.41. The first-order valence-electron chi connectivity index (χ1n) is 5.93. The van der Waals surface area contributed by atoms with Crippen molar-refractivity contribution in [2.75, 3.05) is 26.8 Å². The Morgan fingerprint density at radius 1 is 1.16 bits per heavy atom. The van der Waals surface area contributed by atoms with Gasteiger partial charge in [-0.3, -0.25) is 9.59 Å². The van der Waals surface area contributed by atoms with E-state index in [1.807, 2.05) is 0 Å². The molecule has 1 aromatic carbocycles. The molecular weight excluding hydrogens is 312 g/mol. The summed E-state index contributed by atoms with van der Waals surface area (Å²) in [6, 6.07) is 7.08. The highest BCUT2D eigenvalue weighted by Crippen LogP contribution is 2.10. The van der Waals surface area contributed by atoms with Crippen LogP contribution in [0.15, 0.2) is 28.7 Å². The Morgan fingerprint density at radius 3 is 2.42 bits per heavy atom. The molecule has 0 aliphatic carbocycles. The fourth-order valence-electron chi connectivity index (χ4n) is 1.36. The zero-order valence-corrected chi connectivity index (χ0v) is 12.3. The Labute approximate surface area is 120 Å². The van der Waals surface area contributed by atoms with E-state index in [1.54, 1.807) is 31.4 Å². The molecule has 0 spiro atoms. The third kappa shape index (κ3) is 6.35. The summed E-state index contributed by atoms with van der Waals surface area (Å²) in [4.78, 5) is 23.0. The average molecular weight is 329 g/mol. The summed E-state index contributed by atoms with van der Waals surface area (Å²) in [5.41, 5.74) is 0.592. The zero-order chi connectivity index (χ0) is 14.1. The monoisotopic (exact) mass is 328 g/mol. The van der Waals surface area contributed by atoms with Gasteiger partial charge in [0.25, 0.3) is 5.91 Å². The predicted octanol–water partition coefficient (Wildman–Crippen LogP) is 1.33. The standard InChI is InChI=1S/C13H17BrN2O3/c1-19-9-6-12(17)15-7-8-16-13(18)10-2-4-11(14)5-3-10/h2-5H,6-9H2,1H3,(H,15,17)(H,16,18). The van der Waals surface area contributed by atoms with Crippen molar-refractivity contribution in [3.63, 3.8) is 0 Å². The number of ether oxygens (including phenoxy) is 1. The smallest absolute Gasteiger partial charge is 0.251 e. The van der Waals surface area contributed by atoms with E-state index in [1.165, 1.54) is 0 Å². The van der Waals surface area contributed by atoms with E-state index in [0.717, 1.165) is 4.47 Å².